The number of ether oxygens (including phenoxy) is 1. The number of piperidine rings is 1. The lowest BCUT2D eigenvalue weighted by atomic mass is 9.96. The van der Waals surface area contributed by atoms with Crippen LogP contribution in [0.3, 0.4) is 0 Å². The van der Waals surface area contributed by atoms with Crippen molar-refractivity contribution in [2.45, 2.75) is 45.8 Å². The maximum atomic E-state index is 13.4. The summed E-state index contributed by atoms with van der Waals surface area (Å²) >= 11 is 0. The monoisotopic (exact) mass is 421 g/mol. The summed E-state index contributed by atoms with van der Waals surface area (Å²) in [7, 11) is 0. The van der Waals surface area contributed by atoms with E-state index in [4.69, 9.17) is 4.74 Å². The third kappa shape index (κ3) is 4.84. The molecule has 0 saturated carbocycles. The van der Waals surface area contributed by atoms with E-state index in [1.807, 2.05) is 65.3 Å². The molecule has 0 radical (unpaired) electrons. The third-order valence-corrected chi connectivity index (χ3v) is 6.22. The van der Waals surface area contributed by atoms with Crippen molar-refractivity contribution in [2.24, 2.45) is 5.92 Å². The van der Waals surface area contributed by atoms with Crippen molar-refractivity contribution in [3.8, 4) is 5.75 Å². The van der Waals surface area contributed by atoms with Crippen LogP contribution < -0.4 is 15.0 Å². The van der Waals surface area contributed by atoms with Gasteiger partial charge >= 0.3 is 6.03 Å². The van der Waals surface area contributed by atoms with Crippen LogP contribution in [0.25, 0.3) is 0 Å². The van der Waals surface area contributed by atoms with E-state index < -0.39 is 0 Å². The fourth-order valence-electron chi connectivity index (χ4n) is 4.28. The highest BCUT2D eigenvalue weighted by molar-refractivity contribution is 5.94. The zero-order valence-electron chi connectivity index (χ0n) is 18.3. The number of aryl methyl sites for hydroxylation is 1. The molecule has 2 heterocycles. The molecule has 6 nitrogen and oxygen atoms in total. The van der Waals surface area contributed by atoms with E-state index in [0.717, 1.165) is 29.0 Å². The topological polar surface area (TPSA) is 61.9 Å². The van der Waals surface area contributed by atoms with Gasteiger partial charge in [0.25, 0.3) is 0 Å². The molecule has 1 fully saturated rings. The fourth-order valence-corrected chi connectivity index (χ4v) is 4.28. The first-order valence-electron chi connectivity index (χ1n) is 11.2. The summed E-state index contributed by atoms with van der Waals surface area (Å²) in [5.41, 5.74) is 3.04. The fraction of sp³-hybridized carbons (Fsp3) is 0.440. The van der Waals surface area contributed by atoms with Gasteiger partial charge < -0.3 is 15.0 Å². The summed E-state index contributed by atoms with van der Waals surface area (Å²) in [5, 5.41) is 3.04. The second-order valence-corrected chi connectivity index (χ2v) is 8.48. The van der Waals surface area contributed by atoms with Crippen molar-refractivity contribution < 1.29 is 14.3 Å². The number of carbonyl (C=O) groups is 2. The molecule has 164 valence electrons. The van der Waals surface area contributed by atoms with Crippen molar-refractivity contribution in [1.82, 2.24) is 10.2 Å². The normalized spacial score (nSPS) is 18.8. The summed E-state index contributed by atoms with van der Waals surface area (Å²) in [6, 6.07) is 15.9. The van der Waals surface area contributed by atoms with Gasteiger partial charge in [0.1, 0.15) is 11.9 Å². The van der Waals surface area contributed by atoms with Crippen LogP contribution in [0.15, 0.2) is 48.5 Å². The second-order valence-electron chi connectivity index (χ2n) is 8.48. The second kappa shape index (κ2) is 9.41. The lowest BCUT2D eigenvalue weighted by Crippen LogP contribution is -2.52. The Morgan fingerprint density at radius 1 is 1.10 bits per heavy atom. The molecule has 1 saturated heterocycles. The number of hydrogen-bond donors (Lipinski definition) is 1. The number of anilines is 1. The Bertz CT molecular complexity index is 923. The van der Waals surface area contributed by atoms with Gasteiger partial charge in [-0.05, 0) is 49.4 Å². The largest absolute Gasteiger partial charge is 0.486 e. The van der Waals surface area contributed by atoms with Crippen molar-refractivity contribution in [3.63, 3.8) is 0 Å². The van der Waals surface area contributed by atoms with Crippen LogP contribution in [0.2, 0.25) is 0 Å². The number of nitrogens with one attached hydrogen (secondary N) is 1. The first-order chi connectivity index (χ1) is 15.0. The molecule has 1 atom stereocenters. The highest BCUT2D eigenvalue weighted by Gasteiger charge is 2.34. The molecule has 2 aliphatic heterocycles. The van der Waals surface area contributed by atoms with E-state index in [9.17, 15) is 9.59 Å². The van der Waals surface area contributed by atoms with Crippen LogP contribution >= 0.6 is 0 Å². The van der Waals surface area contributed by atoms with Gasteiger partial charge in [-0.2, -0.15) is 0 Å². The molecule has 2 aromatic rings. The highest BCUT2D eigenvalue weighted by atomic mass is 16.5. The number of hydrogen-bond acceptors (Lipinski definition) is 3. The molecule has 2 aromatic carbocycles. The lowest BCUT2D eigenvalue weighted by Gasteiger charge is -2.39. The van der Waals surface area contributed by atoms with Gasteiger partial charge in [0.2, 0.25) is 5.91 Å². The highest BCUT2D eigenvalue weighted by Crippen LogP contribution is 2.36. The Morgan fingerprint density at radius 3 is 2.55 bits per heavy atom. The molecule has 0 aliphatic carbocycles. The summed E-state index contributed by atoms with van der Waals surface area (Å²) in [6.45, 7) is 6.39. The van der Waals surface area contributed by atoms with Crippen molar-refractivity contribution in [1.29, 1.82) is 0 Å². The third-order valence-electron chi connectivity index (χ3n) is 6.22. The number of rotatable bonds is 4. The first kappa shape index (κ1) is 21.2. The van der Waals surface area contributed by atoms with Gasteiger partial charge in [0.05, 0.1) is 12.2 Å². The van der Waals surface area contributed by atoms with Crippen LogP contribution in [0.5, 0.6) is 5.75 Å². The van der Waals surface area contributed by atoms with Gasteiger partial charge in [-0.15, -0.1) is 0 Å². The van der Waals surface area contributed by atoms with Gasteiger partial charge in [-0.3, -0.25) is 9.69 Å². The molecule has 31 heavy (non-hydrogen) atoms. The molecule has 2 aliphatic rings. The van der Waals surface area contributed by atoms with Crippen LogP contribution in [-0.2, 0) is 11.3 Å². The van der Waals surface area contributed by atoms with Gasteiger partial charge in [-0.25, -0.2) is 4.79 Å². The van der Waals surface area contributed by atoms with Gasteiger partial charge in [-0.1, -0.05) is 43.3 Å². The Morgan fingerprint density at radius 2 is 1.84 bits per heavy atom. The summed E-state index contributed by atoms with van der Waals surface area (Å²) < 4.78 is 6.05. The molecular formula is C25H31N3O3. The molecule has 0 bridgehead atoms. The first-order valence-corrected chi connectivity index (χ1v) is 11.2. The standard InChI is InChI=1S/C25H31N3O3/c1-3-21-17-28(22-15-18(2)9-10-23(22)31-21)25(30)27-13-11-20(12-14-27)24(29)26-16-19-7-5-4-6-8-19/h4-10,15,20-21H,3,11-14,16-17H2,1-2H3,(H,26,29). The zero-order chi connectivity index (χ0) is 21.8. The van der Waals surface area contributed by atoms with E-state index in [2.05, 4.69) is 12.2 Å². The maximum absolute atomic E-state index is 13.4. The number of urea groups is 1. The van der Waals surface area contributed by atoms with Crippen LogP contribution in [0.1, 0.15) is 37.3 Å². The van der Waals surface area contributed by atoms with Crippen LogP contribution in [-0.4, -0.2) is 42.6 Å². The molecule has 0 aromatic heterocycles. The summed E-state index contributed by atoms with van der Waals surface area (Å²) in [5.74, 6) is 0.803. The Balaban J connectivity index is 1.36. The van der Waals surface area contributed by atoms with Crippen molar-refractivity contribution in [2.75, 3.05) is 24.5 Å². The number of likely N-dealkylation sites (tertiary alicyclic amines) is 1. The molecule has 4 rings (SSSR count). The molecule has 0 spiro atoms. The smallest absolute Gasteiger partial charge is 0.324 e. The quantitative estimate of drug-likeness (QED) is 0.808. The molecular weight excluding hydrogens is 390 g/mol. The van der Waals surface area contributed by atoms with E-state index >= 15 is 0 Å². The van der Waals surface area contributed by atoms with E-state index in [1.54, 1.807) is 0 Å². The number of fused-ring (bicyclic) bond motifs is 1. The minimum absolute atomic E-state index is 0.000425. The van der Waals surface area contributed by atoms with E-state index in [1.165, 1.54) is 0 Å². The predicted octanol–water partition coefficient (Wildman–Crippen LogP) is 4.12. The number of amides is 3. The Kier molecular flexibility index (Phi) is 6.44. The Hall–Kier alpha value is -3.02. The summed E-state index contributed by atoms with van der Waals surface area (Å²) in [6.07, 6.45) is 2.23. The molecule has 1 unspecified atom stereocenters. The zero-order valence-corrected chi connectivity index (χ0v) is 18.3. The van der Waals surface area contributed by atoms with Gasteiger partial charge in [0, 0.05) is 25.6 Å². The minimum Gasteiger partial charge on any atom is -0.486 e. The molecule has 3 amide bonds. The van der Waals surface area contributed by atoms with Gasteiger partial charge in [0.15, 0.2) is 0 Å². The average Bonchev–Trinajstić information content (AvgIpc) is 2.82. The number of benzene rings is 2. The number of nitrogens with zero attached hydrogens (tertiary/aromatic N) is 2. The van der Waals surface area contributed by atoms with Crippen molar-refractivity contribution in [3.05, 3.63) is 59.7 Å². The van der Waals surface area contributed by atoms with Crippen LogP contribution in [0, 0.1) is 12.8 Å². The molecule has 6 heteroatoms. The van der Waals surface area contributed by atoms with Crippen LogP contribution in [0.4, 0.5) is 10.5 Å². The SMILES string of the molecule is CCC1CN(C(=O)N2CCC(C(=O)NCc3ccccc3)CC2)c2cc(C)ccc2O1. The summed E-state index contributed by atoms with van der Waals surface area (Å²) in [4.78, 5) is 29.7. The number of carbonyl (C=O) groups excluding carboxylic acids is 2. The van der Waals surface area contributed by atoms with Crippen molar-refractivity contribution >= 4 is 17.6 Å². The average molecular weight is 422 g/mol. The minimum atomic E-state index is -0.0460. The van der Waals surface area contributed by atoms with E-state index in [0.29, 0.717) is 39.0 Å². The lowest BCUT2D eigenvalue weighted by molar-refractivity contribution is -0.126. The molecule has 1 N–H and O–H groups in total. The van der Waals surface area contributed by atoms with E-state index in [-0.39, 0.29) is 24.0 Å². The predicted molar refractivity (Wildman–Crippen MR) is 121 cm³/mol. The maximum Gasteiger partial charge on any atom is 0.324 e. The Labute approximate surface area is 184 Å².